The number of ether oxygens (including phenoxy) is 1. The molecule has 2 aromatic rings. The number of rotatable bonds is 4. The molecule has 0 aliphatic carbocycles. The largest absolute Gasteiger partial charge is 0.444 e. The van der Waals surface area contributed by atoms with Crippen LogP contribution in [0.5, 0.6) is 0 Å². The van der Waals surface area contributed by atoms with Crippen LogP contribution in [-0.2, 0) is 15.1 Å². The topological polar surface area (TPSA) is 49.8 Å². The first-order valence-electron chi connectivity index (χ1n) is 8.96. The third kappa shape index (κ3) is 3.37. The van der Waals surface area contributed by atoms with Gasteiger partial charge in [-0.2, -0.15) is 0 Å². The highest BCUT2D eigenvalue weighted by Crippen LogP contribution is 2.36. The third-order valence-corrected chi connectivity index (χ3v) is 5.51. The molecule has 1 N–H and O–H groups in total. The number of nitrogens with zero attached hydrogens (tertiary/aromatic N) is 1. The summed E-state index contributed by atoms with van der Waals surface area (Å²) in [7, 11) is 0. The number of halogens is 1. The van der Waals surface area contributed by atoms with Crippen LogP contribution >= 0.6 is 12.4 Å². The summed E-state index contributed by atoms with van der Waals surface area (Å²) in [4.78, 5) is 15.3. The second-order valence-electron chi connectivity index (χ2n) is 7.02. The van der Waals surface area contributed by atoms with Crippen molar-refractivity contribution in [3.05, 3.63) is 71.8 Å². The number of hydrogen-bond acceptors (Lipinski definition) is 4. The SMILES string of the molecule is Cl.O=C(OC1CC2CCN1CC2)C(O)(c1ccccc1)c1ccccc1. The molecule has 3 saturated heterocycles. The summed E-state index contributed by atoms with van der Waals surface area (Å²) in [6.07, 6.45) is 3.00. The van der Waals surface area contributed by atoms with Crippen molar-refractivity contribution < 1.29 is 14.6 Å². The zero-order valence-corrected chi connectivity index (χ0v) is 15.4. The van der Waals surface area contributed by atoms with Gasteiger partial charge in [-0.3, -0.25) is 4.90 Å². The minimum absolute atomic E-state index is 0. The van der Waals surface area contributed by atoms with E-state index in [4.69, 9.17) is 4.74 Å². The first-order valence-corrected chi connectivity index (χ1v) is 8.96. The number of aliphatic hydroxyl groups is 1. The summed E-state index contributed by atoms with van der Waals surface area (Å²) < 4.78 is 5.84. The van der Waals surface area contributed by atoms with E-state index < -0.39 is 11.6 Å². The van der Waals surface area contributed by atoms with Gasteiger partial charge in [-0.1, -0.05) is 60.7 Å². The Hall–Kier alpha value is -1.88. The van der Waals surface area contributed by atoms with Gasteiger partial charge in [-0.05, 0) is 29.9 Å². The Morgan fingerprint density at radius 1 is 0.962 bits per heavy atom. The van der Waals surface area contributed by atoms with Crippen molar-refractivity contribution in [2.75, 3.05) is 13.1 Å². The molecule has 3 aliphatic rings. The molecule has 1 unspecified atom stereocenters. The number of hydrogen-bond donors (Lipinski definition) is 1. The molecule has 0 radical (unpaired) electrons. The summed E-state index contributed by atoms with van der Waals surface area (Å²) in [6, 6.07) is 18.1. The van der Waals surface area contributed by atoms with Gasteiger partial charge in [0, 0.05) is 19.5 Å². The van der Waals surface area contributed by atoms with Crippen LogP contribution in [0.4, 0.5) is 0 Å². The van der Waals surface area contributed by atoms with E-state index in [1.54, 1.807) is 24.3 Å². The quantitative estimate of drug-likeness (QED) is 0.835. The molecule has 5 rings (SSSR count). The normalized spacial score (nSPS) is 24.6. The van der Waals surface area contributed by atoms with Crippen molar-refractivity contribution in [2.45, 2.75) is 31.1 Å². The van der Waals surface area contributed by atoms with Crippen molar-refractivity contribution >= 4 is 18.4 Å². The summed E-state index contributed by atoms with van der Waals surface area (Å²) in [5.41, 5.74) is -0.732. The van der Waals surface area contributed by atoms with E-state index in [-0.39, 0.29) is 18.6 Å². The van der Waals surface area contributed by atoms with Gasteiger partial charge in [-0.25, -0.2) is 4.79 Å². The summed E-state index contributed by atoms with van der Waals surface area (Å²) >= 11 is 0. The lowest BCUT2D eigenvalue weighted by Crippen LogP contribution is -2.52. The summed E-state index contributed by atoms with van der Waals surface area (Å²) in [5, 5.41) is 11.4. The Morgan fingerprint density at radius 2 is 1.46 bits per heavy atom. The molecule has 1 atom stereocenters. The molecule has 2 bridgehead atoms. The third-order valence-electron chi connectivity index (χ3n) is 5.51. The minimum atomic E-state index is -1.79. The Balaban J connectivity index is 0.00000196. The number of carbonyl (C=O) groups excluding carboxylic acids is 1. The minimum Gasteiger partial charge on any atom is -0.444 e. The zero-order chi connectivity index (χ0) is 17.3. The Kier molecular flexibility index (Phi) is 5.66. The maximum atomic E-state index is 13.1. The molecule has 3 aliphatic heterocycles. The van der Waals surface area contributed by atoms with Crippen molar-refractivity contribution in [3.8, 4) is 0 Å². The van der Waals surface area contributed by atoms with Crippen molar-refractivity contribution in [3.63, 3.8) is 0 Å². The predicted octanol–water partition coefficient (Wildman–Crippen LogP) is 3.33. The number of piperidine rings is 3. The summed E-state index contributed by atoms with van der Waals surface area (Å²) in [6.45, 7) is 1.94. The van der Waals surface area contributed by atoms with Gasteiger partial charge in [-0.15, -0.1) is 12.4 Å². The second-order valence-corrected chi connectivity index (χ2v) is 7.02. The van der Waals surface area contributed by atoms with Gasteiger partial charge in [0.25, 0.3) is 0 Å². The molecular formula is C21H24ClNO3. The highest BCUT2D eigenvalue weighted by Gasteiger charge is 2.45. The molecule has 0 aromatic heterocycles. The lowest BCUT2D eigenvalue weighted by atomic mass is 9.85. The number of carbonyl (C=O) groups is 1. The van der Waals surface area contributed by atoms with Crippen LogP contribution in [0.3, 0.4) is 0 Å². The molecule has 5 heteroatoms. The van der Waals surface area contributed by atoms with Crippen LogP contribution in [0.15, 0.2) is 60.7 Å². The fraction of sp³-hybridized carbons (Fsp3) is 0.381. The summed E-state index contributed by atoms with van der Waals surface area (Å²) in [5.74, 6) is 0.0341. The average Bonchev–Trinajstić information content (AvgIpc) is 2.69. The second kappa shape index (κ2) is 7.78. The van der Waals surface area contributed by atoms with Gasteiger partial charge in [0.1, 0.15) is 0 Å². The maximum absolute atomic E-state index is 13.1. The fourth-order valence-electron chi connectivity index (χ4n) is 4.00. The molecule has 3 heterocycles. The zero-order valence-electron chi connectivity index (χ0n) is 14.6. The van der Waals surface area contributed by atoms with Gasteiger partial charge in [0.15, 0.2) is 6.23 Å². The van der Waals surface area contributed by atoms with Crippen LogP contribution in [0.25, 0.3) is 0 Å². The van der Waals surface area contributed by atoms with E-state index >= 15 is 0 Å². The van der Waals surface area contributed by atoms with Crippen LogP contribution in [0.2, 0.25) is 0 Å². The Labute approximate surface area is 160 Å². The van der Waals surface area contributed by atoms with Crippen LogP contribution < -0.4 is 0 Å². The van der Waals surface area contributed by atoms with E-state index in [9.17, 15) is 9.90 Å². The van der Waals surface area contributed by atoms with Gasteiger partial charge in [0.2, 0.25) is 5.60 Å². The first kappa shape index (κ1) is 18.9. The molecule has 0 spiro atoms. The highest BCUT2D eigenvalue weighted by molar-refractivity contribution is 5.86. The van der Waals surface area contributed by atoms with Crippen LogP contribution in [0, 0.1) is 5.92 Å². The number of esters is 1. The van der Waals surface area contributed by atoms with Crippen molar-refractivity contribution in [2.24, 2.45) is 5.92 Å². The average molecular weight is 374 g/mol. The number of benzene rings is 2. The van der Waals surface area contributed by atoms with E-state index in [1.165, 1.54) is 12.8 Å². The predicted molar refractivity (Wildman–Crippen MR) is 102 cm³/mol. The Bertz CT molecular complexity index is 690. The molecule has 138 valence electrons. The first-order chi connectivity index (χ1) is 12.2. The van der Waals surface area contributed by atoms with Gasteiger partial charge < -0.3 is 9.84 Å². The van der Waals surface area contributed by atoms with Crippen molar-refractivity contribution in [1.29, 1.82) is 0 Å². The fourth-order valence-corrected chi connectivity index (χ4v) is 4.00. The smallest absolute Gasteiger partial charge is 0.349 e. The molecule has 26 heavy (non-hydrogen) atoms. The van der Waals surface area contributed by atoms with E-state index in [0.29, 0.717) is 17.0 Å². The van der Waals surface area contributed by atoms with Gasteiger partial charge in [0.05, 0.1) is 0 Å². The monoisotopic (exact) mass is 373 g/mol. The lowest BCUT2D eigenvalue weighted by Gasteiger charge is -2.45. The van der Waals surface area contributed by atoms with Gasteiger partial charge >= 0.3 is 5.97 Å². The van der Waals surface area contributed by atoms with E-state index in [1.807, 2.05) is 36.4 Å². The Morgan fingerprint density at radius 3 is 1.88 bits per heavy atom. The lowest BCUT2D eigenvalue weighted by molar-refractivity contribution is -0.187. The molecule has 3 fully saturated rings. The van der Waals surface area contributed by atoms with E-state index in [0.717, 1.165) is 19.5 Å². The molecule has 0 saturated carbocycles. The highest BCUT2D eigenvalue weighted by atomic mass is 35.5. The number of fused-ring (bicyclic) bond motifs is 3. The molecule has 0 amide bonds. The van der Waals surface area contributed by atoms with Crippen molar-refractivity contribution in [1.82, 2.24) is 4.90 Å². The van der Waals surface area contributed by atoms with Crippen LogP contribution in [-0.4, -0.2) is 35.3 Å². The molecule has 2 aromatic carbocycles. The molecule has 4 nitrogen and oxygen atoms in total. The standard InChI is InChI=1S/C21H23NO3.ClH/c23-20(25-19-15-16-11-13-22(19)14-12-16)21(24,17-7-3-1-4-8-17)18-9-5-2-6-10-18;/h1-10,16,19,24H,11-15H2;1H. The maximum Gasteiger partial charge on any atom is 0.349 e. The molecular weight excluding hydrogens is 350 g/mol. The van der Waals surface area contributed by atoms with E-state index in [2.05, 4.69) is 4.90 Å². The van der Waals surface area contributed by atoms with Crippen LogP contribution in [0.1, 0.15) is 30.4 Å².